The van der Waals surface area contributed by atoms with Gasteiger partial charge in [0.1, 0.15) is 4.90 Å². The third-order valence-electron chi connectivity index (χ3n) is 5.18. The van der Waals surface area contributed by atoms with Crippen molar-refractivity contribution in [1.29, 1.82) is 0 Å². The molecule has 0 saturated carbocycles. The third kappa shape index (κ3) is 6.22. The van der Waals surface area contributed by atoms with Crippen molar-refractivity contribution in [3.05, 3.63) is 63.6 Å². The molecule has 1 aliphatic rings. The summed E-state index contributed by atoms with van der Waals surface area (Å²) in [6, 6.07) is 10.7. The van der Waals surface area contributed by atoms with Crippen LogP contribution in [0.5, 0.6) is 0 Å². The lowest BCUT2D eigenvalue weighted by atomic mass is 10.2. The van der Waals surface area contributed by atoms with Crippen LogP contribution in [-0.2, 0) is 10.0 Å². The second-order valence-corrected chi connectivity index (χ2v) is 10.2. The molecule has 10 heteroatoms. The van der Waals surface area contributed by atoms with Gasteiger partial charge in [0.15, 0.2) is 0 Å². The van der Waals surface area contributed by atoms with Crippen LogP contribution in [0.15, 0.2) is 47.4 Å². The highest BCUT2D eigenvalue weighted by molar-refractivity contribution is 7.89. The number of benzene rings is 2. The van der Waals surface area contributed by atoms with Gasteiger partial charge < -0.3 is 10.6 Å². The minimum Gasteiger partial charge on any atom is -0.350 e. The molecule has 0 aromatic heterocycles. The molecule has 3 rings (SSSR count). The van der Waals surface area contributed by atoms with E-state index in [1.807, 2.05) is 0 Å². The first-order valence-corrected chi connectivity index (χ1v) is 12.6. The van der Waals surface area contributed by atoms with E-state index < -0.39 is 15.9 Å². The number of hydrogen-bond acceptors (Lipinski definition) is 4. The number of carbonyl (C=O) groups excluding carboxylic acids is 2. The Kier molecular flexibility index (Phi) is 8.53. The smallest absolute Gasteiger partial charge is 0.251 e. The molecule has 1 saturated heterocycles. The summed E-state index contributed by atoms with van der Waals surface area (Å²) >= 11 is 12.0. The van der Waals surface area contributed by atoms with Gasteiger partial charge in [0.25, 0.3) is 11.8 Å². The first kappa shape index (κ1) is 24.5. The van der Waals surface area contributed by atoms with Crippen molar-refractivity contribution in [3.8, 4) is 0 Å². The molecule has 1 aliphatic heterocycles. The Morgan fingerprint density at radius 2 is 1.34 bits per heavy atom. The molecule has 2 amide bonds. The second-order valence-electron chi connectivity index (χ2n) is 7.48. The number of nitrogens with one attached hydrogen (secondary N) is 2. The van der Waals surface area contributed by atoms with Crippen LogP contribution in [0.1, 0.15) is 46.4 Å². The molecule has 2 aromatic carbocycles. The van der Waals surface area contributed by atoms with Crippen molar-refractivity contribution in [2.24, 2.45) is 0 Å². The highest BCUT2D eigenvalue weighted by Gasteiger charge is 2.28. The van der Waals surface area contributed by atoms with E-state index >= 15 is 0 Å². The zero-order chi connectivity index (χ0) is 23.1. The van der Waals surface area contributed by atoms with Crippen molar-refractivity contribution in [3.63, 3.8) is 0 Å². The van der Waals surface area contributed by atoms with Gasteiger partial charge in [0, 0.05) is 42.3 Å². The Morgan fingerprint density at radius 3 is 1.94 bits per heavy atom. The van der Waals surface area contributed by atoms with Crippen LogP contribution >= 0.6 is 23.2 Å². The summed E-state index contributed by atoms with van der Waals surface area (Å²) in [5.74, 6) is -0.733. The van der Waals surface area contributed by atoms with Crippen molar-refractivity contribution < 1.29 is 18.0 Å². The van der Waals surface area contributed by atoms with Crippen molar-refractivity contribution in [2.75, 3.05) is 26.2 Å². The predicted octanol–water partition coefficient (Wildman–Crippen LogP) is 3.72. The molecule has 0 unspecified atom stereocenters. The van der Waals surface area contributed by atoms with Gasteiger partial charge in [0.05, 0.1) is 5.02 Å². The highest BCUT2D eigenvalue weighted by Crippen LogP contribution is 2.27. The fourth-order valence-corrected chi connectivity index (χ4v) is 5.56. The van der Waals surface area contributed by atoms with Crippen LogP contribution in [0.4, 0.5) is 0 Å². The lowest BCUT2D eigenvalue weighted by Gasteiger charge is -2.21. The maximum absolute atomic E-state index is 13.1. The first-order valence-electron chi connectivity index (χ1n) is 10.4. The molecule has 172 valence electrons. The Bertz CT molecular complexity index is 1070. The van der Waals surface area contributed by atoms with Crippen LogP contribution in [0, 0.1) is 0 Å². The van der Waals surface area contributed by atoms with Gasteiger partial charge in [-0.3, -0.25) is 9.59 Å². The lowest BCUT2D eigenvalue weighted by molar-refractivity contribution is 0.0927. The van der Waals surface area contributed by atoms with Gasteiger partial charge in [-0.1, -0.05) is 36.0 Å². The van der Waals surface area contributed by atoms with E-state index in [0.717, 1.165) is 25.7 Å². The van der Waals surface area contributed by atoms with E-state index in [1.54, 1.807) is 24.3 Å². The molecular formula is C22H25Cl2N3O4S. The molecule has 2 aromatic rings. The van der Waals surface area contributed by atoms with Crippen LogP contribution in [-0.4, -0.2) is 50.7 Å². The standard InChI is InChI=1S/C22H25Cl2N3O4S/c23-18-8-5-16(6-9-18)21(28)25-11-12-26-22(29)17-7-10-19(24)20(15-17)32(30,31)27-13-3-1-2-4-14-27/h5-10,15H,1-4,11-14H2,(H,25,28)(H,26,29). The SMILES string of the molecule is O=C(NCCNC(=O)c1ccc(Cl)c(S(=O)(=O)N2CCCCCC2)c1)c1ccc(Cl)cc1. The minimum atomic E-state index is -3.79. The molecule has 1 fully saturated rings. The molecule has 0 spiro atoms. The average molecular weight is 498 g/mol. The summed E-state index contributed by atoms with van der Waals surface area (Å²) in [7, 11) is -3.79. The van der Waals surface area contributed by atoms with Crippen molar-refractivity contribution in [2.45, 2.75) is 30.6 Å². The number of carbonyl (C=O) groups is 2. The summed E-state index contributed by atoms with van der Waals surface area (Å²) in [5.41, 5.74) is 0.647. The number of amides is 2. The zero-order valence-corrected chi connectivity index (χ0v) is 19.8. The van der Waals surface area contributed by atoms with Crippen molar-refractivity contribution >= 4 is 45.0 Å². The normalized spacial score (nSPS) is 15.1. The van der Waals surface area contributed by atoms with Gasteiger partial charge in [0.2, 0.25) is 10.0 Å². The van der Waals surface area contributed by atoms with E-state index in [0.29, 0.717) is 23.7 Å². The molecule has 2 N–H and O–H groups in total. The number of halogens is 2. The van der Waals surface area contributed by atoms with Crippen LogP contribution in [0.2, 0.25) is 10.0 Å². The van der Waals surface area contributed by atoms with Gasteiger partial charge in [-0.2, -0.15) is 4.31 Å². The van der Waals surface area contributed by atoms with Crippen molar-refractivity contribution in [1.82, 2.24) is 14.9 Å². The summed E-state index contributed by atoms with van der Waals surface area (Å²) < 4.78 is 27.6. The monoisotopic (exact) mass is 497 g/mol. The second kappa shape index (κ2) is 11.1. The average Bonchev–Trinajstić information content (AvgIpc) is 3.07. The van der Waals surface area contributed by atoms with E-state index in [4.69, 9.17) is 23.2 Å². The molecule has 1 heterocycles. The predicted molar refractivity (Wildman–Crippen MR) is 125 cm³/mol. The zero-order valence-electron chi connectivity index (χ0n) is 17.4. The minimum absolute atomic E-state index is 0.0650. The van der Waals surface area contributed by atoms with Crippen LogP contribution in [0.25, 0.3) is 0 Å². The Labute approximate surface area is 198 Å². The number of nitrogens with zero attached hydrogens (tertiary/aromatic N) is 1. The molecule has 7 nitrogen and oxygen atoms in total. The lowest BCUT2D eigenvalue weighted by Crippen LogP contribution is -2.35. The molecule has 0 atom stereocenters. The van der Waals surface area contributed by atoms with Gasteiger partial charge in [-0.05, 0) is 55.3 Å². The Hall–Kier alpha value is -2.13. The van der Waals surface area contributed by atoms with Gasteiger partial charge in [-0.15, -0.1) is 0 Å². The maximum atomic E-state index is 13.1. The topological polar surface area (TPSA) is 95.6 Å². The maximum Gasteiger partial charge on any atom is 0.251 e. The molecular weight excluding hydrogens is 473 g/mol. The van der Waals surface area contributed by atoms with Crippen LogP contribution in [0.3, 0.4) is 0 Å². The summed E-state index contributed by atoms with van der Waals surface area (Å²) in [4.78, 5) is 24.5. The fourth-order valence-electron chi connectivity index (χ4n) is 3.42. The largest absolute Gasteiger partial charge is 0.350 e. The first-order chi connectivity index (χ1) is 15.3. The number of sulfonamides is 1. The summed E-state index contributed by atoms with van der Waals surface area (Å²) in [6.45, 7) is 1.28. The third-order valence-corrected chi connectivity index (χ3v) is 7.81. The van der Waals surface area contributed by atoms with Gasteiger partial charge >= 0.3 is 0 Å². The van der Waals surface area contributed by atoms with Crippen LogP contribution < -0.4 is 10.6 Å². The molecule has 0 bridgehead atoms. The number of hydrogen-bond donors (Lipinski definition) is 2. The molecule has 32 heavy (non-hydrogen) atoms. The summed E-state index contributed by atoms with van der Waals surface area (Å²) in [6.07, 6.45) is 3.60. The Balaban J connectivity index is 1.60. The van der Waals surface area contributed by atoms with E-state index in [2.05, 4.69) is 10.6 Å². The Morgan fingerprint density at radius 1 is 0.812 bits per heavy atom. The van der Waals surface area contributed by atoms with Gasteiger partial charge in [-0.25, -0.2) is 8.42 Å². The fraction of sp³-hybridized carbons (Fsp3) is 0.364. The molecule has 0 radical (unpaired) electrons. The van der Waals surface area contributed by atoms with E-state index in [1.165, 1.54) is 22.5 Å². The van der Waals surface area contributed by atoms with E-state index in [9.17, 15) is 18.0 Å². The number of rotatable bonds is 7. The highest BCUT2D eigenvalue weighted by atomic mass is 35.5. The summed E-state index contributed by atoms with van der Waals surface area (Å²) in [5, 5.41) is 6.00. The molecule has 0 aliphatic carbocycles. The van der Waals surface area contributed by atoms with E-state index in [-0.39, 0.29) is 34.5 Å². The quantitative estimate of drug-likeness (QED) is 0.569.